The summed E-state index contributed by atoms with van der Waals surface area (Å²) >= 11 is 0. The average Bonchev–Trinajstić information content (AvgIpc) is 2.88. The van der Waals surface area contributed by atoms with Crippen molar-refractivity contribution in [3.05, 3.63) is 12.2 Å². The number of ether oxygens (including phenoxy) is 1. The highest BCUT2D eigenvalue weighted by atomic mass is 16.5. The molecule has 1 fully saturated rings. The van der Waals surface area contributed by atoms with E-state index >= 15 is 0 Å². The van der Waals surface area contributed by atoms with Gasteiger partial charge in [0.15, 0.2) is 0 Å². The van der Waals surface area contributed by atoms with Gasteiger partial charge in [0, 0.05) is 19.1 Å². The molecule has 0 aliphatic carbocycles. The van der Waals surface area contributed by atoms with Crippen molar-refractivity contribution < 1.29 is 9.53 Å². The summed E-state index contributed by atoms with van der Waals surface area (Å²) in [6.07, 6.45) is 12.2. The van der Waals surface area contributed by atoms with E-state index in [1.54, 1.807) is 6.08 Å². The van der Waals surface area contributed by atoms with Gasteiger partial charge in [-0.2, -0.15) is 0 Å². The molecule has 0 bridgehead atoms. The van der Waals surface area contributed by atoms with Crippen LogP contribution in [-0.4, -0.2) is 25.7 Å². The Hall–Kier alpha value is -0.830. The fourth-order valence-electron chi connectivity index (χ4n) is 2.10. The van der Waals surface area contributed by atoms with E-state index in [4.69, 9.17) is 4.74 Å². The van der Waals surface area contributed by atoms with Crippen LogP contribution in [-0.2, 0) is 9.53 Å². The summed E-state index contributed by atoms with van der Waals surface area (Å²) < 4.78 is 5.27. The Kier molecular flexibility index (Phi) is 8.57. The molecule has 0 aromatic carbocycles. The molecule has 1 heterocycles. The smallest absolute Gasteiger partial charge is 0.243 e. The first-order chi connectivity index (χ1) is 8.83. The molecule has 104 valence electrons. The Morgan fingerprint density at radius 2 is 2.17 bits per heavy atom. The molecule has 0 aromatic rings. The van der Waals surface area contributed by atoms with Gasteiger partial charge in [-0.05, 0) is 25.3 Å². The molecule has 0 radical (unpaired) electrons. The Morgan fingerprint density at radius 3 is 2.89 bits per heavy atom. The maximum absolute atomic E-state index is 11.5. The molecule has 3 nitrogen and oxygen atoms in total. The summed E-state index contributed by atoms with van der Waals surface area (Å²) in [5.74, 6) is 0.548. The van der Waals surface area contributed by atoms with Gasteiger partial charge in [-0.1, -0.05) is 38.7 Å². The van der Waals surface area contributed by atoms with Crippen molar-refractivity contribution >= 4 is 5.91 Å². The third-order valence-corrected chi connectivity index (χ3v) is 3.33. The zero-order valence-electron chi connectivity index (χ0n) is 11.6. The van der Waals surface area contributed by atoms with E-state index in [2.05, 4.69) is 12.2 Å². The normalized spacial score (nSPS) is 19.5. The standard InChI is InChI=1S/C15H27NO2/c1-2-3-4-5-6-7-8-9-15(17)16-12-14-10-11-18-13-14/h8-9,14H,2-7,10-13H2,1H3,(H,16,17). The molecular formula is C15H27NO2. The van der Waals surface area contributed by atoms with E-state index in [1.165, 1.54) is 32.1 Å². The van der Waals surface area contributed by atoms with Crippen LogP contribution in [0.4, 0.5) is 0 Å². The first kappa shape index (κ1) is 15.2. The maximum atomic E-state index is 11.5. The van der Waals surface area contributed by atoms with Crippen LogP contribution in [0.1, 0.15) is 51.9 Å². The van der Waals surface area contributed by atoms with Crippen molar-refractivity contribution in [3.63, 3.8) is 0 Å². The monoisotopic (exact) mass is 253 g/mol. The van der Waals surface area contributed by atoms with Crippen molar-refractivity contribution in [1.82, 2.24) is 5.32 Å². The van der Waals surface area contributed by atoms with Gasteiger partial charge in [-0.15, -0.1) is 0 Å². The summed E-state index contributed by atoms with van der Waals surface area (Å²) in [4.78, 5) is 11.5. The molecule has 1 rings (SSSR count). The Morgan fingerprint density at radius 1 is 1.33 bits per heavy atom. The van der Waals surface area contributed by atoms with E-state index in [0.717, 1.165) is 32.6 Å². The van der Waals surface area contributed by atoms with Crippen LogP contribution in [0.3, 0.4) is 0 Å². The van der Waals surface area contributed by atoms with Crippen LogP contribution < -0.4 is 5.32 Å². The Balaban J connectivity index is 1.94. The lowest BCUT2D eigenvalue weighted by Gasteiger charge is -2.07. The molecule has 18 heavy (non-hydrogen) atoms. The van der Waals surface area contributed by atoms with E-state index in [-0.39, 0.29) is 5.91 Å². The quantitative estimate of drug-likeness (QED) is 0.506. The lowest BCUT2D eigenvalue weighted by molar-refractivity contribution is -0.116. The molecule has 1 N–H and O–H groups in total. The van der Waals surface area contributed by atoms with E-state index in [9.17, 15) is 4.79 Å². The third kappa shape index (κ3) is 7.49. The Bertz CT molecular complexity index is 245. The fourth-order valence-corrected chi connectivity index (χ4v) is 2.10. The van der Waals surface area contributed by atoms with E-state index in [1.807, 2.05) is 6.08 Å². The Labute approximate surface area is 111 Å². The number of hydrogen-bond acceptors (Lipinski definition) is 2. The first-order valence-corrected chi connectivity index (χ1v) is 7.35. The third-order valence-electron chi connectivity index (χ3n) is 3.33. The zero-order valence-corrected chi connectivity index (χ0v) is 11.6. The highest BCUT2D eigenvalue weighted by Gasteiger charge is 2.15. The highest BCUT2D eigenvalue weighted by molar-refractivity contribution is 5.87. The molecule has 0 saturated carbocycles. The molecule has 0 aromatic heterocycles. The van der Waals surface area contributed by atoms with Gasteiger partial charge in [0.05, 0.1) is 6.61 Å². The highest BCUT2D eigenvalue weighted by Crippen LogP contribution is 2.10. The zero-order chi connectivity index (χ0) is 13.1. The van der Waals surface area contributed by atoms with Crippen LogP contribution in [0.25, 0.3) is 0 Å². The van der Waals surface area contributed by atoms with Gasteiger partial charge in [0.1, 0.15) is 0 Å². The lowest BCUT2D eigenvalue weighted by atomic mass is 10.1. The first-order valence-electron chi connectivity index (χ1n) is 7.35. The molecule has 1 aliphatic heterocycles. The second-order valence-electron chi connectivity index (χ2n) is 5.08. The predicted octanol–water partition coefficient (Wildman–Crippen LogP) is 3.06. The number of rotatable bonds is 9. The van der Waals surface area contributed by atoms with Crippen LogP contribution in [0.2, 0.25) is 0 Å². The minimum atomic E-state index is 0.0375. The van der Waals surface area contributed by atoms with Gasteiger partial charge >= 0.3 is 0 Å². The minimum absolute atomic E-state index is 0.0375. The second kappa shape index (κ2) is 10.1. The molecule has 1 unspecified atom stereocenters. The molecule has 0 spiro atoms. The lowest BCUT2D eigenvalue weighted by Crippen LogP contribution is -2.27. The van der Waals surface area contributed by atoms with Crippen molar-refractivity contribution in [3.8, 4) is 0 Å². The van der Waals surface area contributed by atoms with Crippen LogP contribution in [0.15, 0.2) is 12.2 Å². The van der Waals surface area contributed by atoms with Gasteiger partial charge in [-0.3, -0.25) is 4.79 Å². The molecule has 1 aliphatic rings. The average molecular weight is 253 g/mol. The number of carbonyl (C=O) groups is 1. The number of hydrogen-bond donors (Lipinski definition) is 1. The summed E-state index contributed by atoms with van der Waals surface area (Å²) in [5.41, 5.74) is 0. The maximum Gasteiger partial charge on any atom is 0.243 e. The van der Waals surface area contributed by atoms with Gasteiger partial charge < -0.3 is 10.1 Å². The molecule has 1 amide bonds. The predicted molar refractivity (Wildman–Crippen MR) is 74.5 cm³/mol. The van der Waals surface area contributed by atoms with Crippen molar-refractivity contribution in [2.24, 2.45) is 5.92 Å². The number of nitrogens with one attached hydrogen (secondary N) is 1. The largest absolute Gasteiger partial charge is 0.381 e. The van der Waals surface area contributed by atoms with Crippen LogP contribution >= 0.6 is 0 Å². The summed E-state index contributed by atoms with van der Waals surface area (Å²) in [5, 5.41) is 2.93. The van der Waals surface area contributed by atoms with Crippen molar-refractivity contribution in [2.75, 3.05) is 19.8 Å². The topological polar surface area (TPSA) is 38.3 Å². The fraction of sp³-hybridized carbons (Fsp3) is 0.800. The van der Waals surface area contributed by atoms with Crippen LogP contribution in [0, 0.1) is 5.92 Å². The summed E-state index contributed by atoms with van der Waals surface area (Å²) in [6.45, 7) is 4.61. The molecule has 1 atom stereocenters. The van der Waals surface area contributed by atoms with Gasteiger partial charge in [-0.25, -0.2) is 0 Å². The number of amides is 1. The van der Waals surface area contributed by atoms with Crippen LogP contribution in [0.5, 0.6) is 0 Å². The summed E-state index contributed by atoms with van der Waals surface area (Å²) in [7, 11) is 0. The number of unbranched alkanes of at least 4 members (excludes halogenated alkanes) is 5. The minimum Gasteiger partial charge on any atom is -0.381 e. The number of allylic oxidation sites excluding steroid dienone is 1. The second-order valence-corrected chi connectivity index (χ2v) is 5.08. The summed E-state index contributed by atoms with van der Waals surface area (Å²) in [6, 6.07) is 0. The number of carbonyl (C=O) groups excluding carboxylic acids is 1. The van der Waals surface area contributed by atoms with E-state index < -0.39 is 0 Å². The van der Waals surface area contributed by atoms with Crippen molar-refractivity contribution in [2.45, 2.75) is 51.9 Å². The SMILES string of the molecule is CCCCCCCC=CC(=O)NCC1CCOC1. The van der Waals surface area contributed by atoms with Crippen molar-refractivity contribution in [1.29, 1.82) is 0 Å². The molecule has 3 heteroatoms. The molecule has 1 saturated heterocycles. The van der Waals surface area contributed by atoms with Gasteiger partial charge in [0.25, 0.3) is 0 Å². The van der Waals surface area contributed by atoms with E-state index in [0.29, 0.717) is 5.92 Å². The van der Waals surface area contributed by atoms with Gasteiger partial charge in [0.2, 0.25) is 5.91 Å². The molecular weight excluding hydrogens is 226 g/mol.